The Hall–Kier alpha value is -1.14. The van der Waals surface area contributed by atoms with Crippen LogP contribution in [-0.2, 0) is 4.79 Å². The molecule has 23 heavy (non-hydrogen) atoms. The summed E-state index contributed by atoms with van der Waals surface area (Å²) in [6.45, 7) is 5.76. The largest absolute Gasteiger partial charge is 0.356 e. The van der Waals surface area contributed by atoms with E-state index >= 15 is 0 Å². The number of amides is 1. The highest BCUT2D eigenvalue weighted by atomic mass is 79.9. The Balaban J connectivity index is 1.53. The van der Waals surface area contributed by atoms with Crippen molar-refractivity contribution in [1.82, 2.24) is 15.6 Å². The van der Waals surface area contributed by atoms with Gasteiger partial charge in [-0.15, -0.1) is 0 Å². The van der Waals surface area contributed by atoms with E-state index < -0.39 is 0 Å². The normalized spacial score (nSPS) is 24.7. The number of anilines is 1. The number of nitrogens with one attached hydrogen (secondary N) is 2. The van der Waals surface area contributed by atoms with Gasteiger partial charge in [-0.2, -0.15) is 0 Å². The predicted octanol–water partition coefficient (Wildman–Crippen LogP) is 2.24. The fourth-order valence-corrected chi connectivity index (χ4v) is 3.64. The van der Waals surface area contributed by atoms with Crippen LogP contribution >= 0.6 is 15.9 Å². The topological polar surface area (TPSA) is 57.3 Å². The summed E-state index contributed by atoms with van der Waals surface area (Å²) in [5, 5.41) is 6.38. The first kappa shape index (κ1) is 16.7. The molecule has 0 saturated carbocycles. The van der Waals surface area contributed by atoms with Gasteiger partial charge in [-0.05, 0) is 73.1 Å². The van der Waals surface area contributed by atoms with E-state index in [0.717, 1.165) is 61.4 Å². The fourth-order valence-electron chi connectivity index (χ4n) is 3.42. The van der Waals surface area contributed by atoms with Crippen LogP contribution < -0.4 is 15.5 Å². The molecule has 126 valence electrons. The second-order valence-corrected chi connectivity index (χ2v) is 7.44. The number of carbonyl (C=O) groups is 1. The summed E-state index contributed by atoms with van der Waals surface area (Å²) in [5.74, 6) is 1.70. The molecule has 1 aromatic heterocycles. The second kappa shape index (κ2) is 7.62. The first-order chi connectivity index (χ1) is 11.1. The highest BCUT2D eigenvalue weighted by Crippen LogP contribution is 2.24. The molecular weight excluding hydrogens is 356 g/mol. The van der Waals surface area contributed by atoms with Crippen molar-refractivity contribution in [3.05, 3.63) is 22.3 Å². The minimum atomic E-state index is 0.0190. The number of halogens is 1. The van der Waals surface area contributed by atoms with Crippen LogP contribution in [0.15, 0.2) is 16.6 Å². The van der Waals surface area contributed by atoms with Crippen LogP contribution in [-0.4, -0.2) is 43.1 Å². The third kappa shape index (κ3) is 4.23. The van der Waals surface area contributed by atoms with Gasteiger partial charge >= 0.3 is 0 Å². The molecule has 0 bridgehead atoms. The minimum absolute atomic E-state index is 0.0190. The number of piperidine rings is 1. The lowest BCUT2D eigenvalue weighted by atomic mass is 9.97. The minimum Gasteiger partial charge on any atom is -0.356 e. The molecule has 2 aliphatic heterocycles. The molecule has 2 fully saturated rings. The zero-order valence-electron chi connectivity index (χ0n) is 13.6. The molecule has 6 heteroatoms. The van der Waals surface area contributed by atoms with Gasteiger partial charge in [0.05, 0.1) is 11.7 Å². The van der Waals surface area contributed by atoms with Gasteiger partial charge in [0.25, 0.3) is 0 Å². The van der Waals surface area contributed by atoms with Crippen LogP contribution in [0, 0.1) is 12.8 Å². The molecule has 5 nitrogen and oxygen atoms in total. The molecule has 1 aromatic rings. The molecule has 2 atom stereocenters. The summed E-state index contributed by atoms with van der Waals surface area (Å²) in [5.41, 5.74) is 1.02. The van der Waals surface area contributed by atoms with Crippen LogP contribution in [0.5, 0.6) is 0 Å². The Labute approximate surface area is 146 Å². The number of aryl methyl sites for hydroxylation is 1. The average Bonchev–Trinajstić information content (AvgIpc) is 3.10. The molecular formula is C17H25BrN4O. The fraction of sp³-hybridized carbons (Fsp3) is 0.647. The van der Waals surface area contributed by atoms with Crippen molar-refractivity contribution in [2.24, 2.45) is 5.92 Å². The molecule has 0 aliphatic carbocycles. The van der Waals surface area contributed by atoms with Gasteiger partial charge in [-0.25, -0.2) is 4.98 Å². The van der Waals surface area contributed by atoms with Gasteiger partial charge in [0.2, 0.25) is 5.91 Å². The Morgan fingerprint density at radius 1 is 1.43 bits per heavy atom. The van der Waals surface area contributed by atoms with E-state index in [-0.39, 0.29) is 11.9 Å². The molecule has 2 unspecified atom stereocenters. The highest BCUT2D eigenvalue weighted by molar-refractivity contribution is 9.10. The van der Waals surface area contributed by atoms with Crippen molar-refractivity contribution in [3.63, 3.8) is 0 Å². The molecule has 1 amide bonds. The number of rotatable bonds is 4. The van der Waals surface area contributed by atoms with Crippen LogP contribution in [0.4, 0.5) is 5.82 Å². The molecule has 3 heterocycles. The van der Waals surface area contributed by atoms with Crippen LogP contribution in [0.1, 0.15) is 31.4 Å². The zero-order chi connectivity index (χ0) is 16.2. The van der Waals surface area contributed by atoms with Gasteiger partial charge in [-0.3, -0.25) is 4.79 Å². The SMILES string of the molecule is Cc1nc(N2CCCC(CNC(=O)C3CCCN3)C2)ccc1Br. The van der Waals surface area contributed by atoms with Gasteiger partial charge in [0, 0.05) is 24.1 Å². The van der Waals surface area contributed by atoms with Crippen molar-refractivity contribution >= 4 is 27.7 Å². The number of carbonyl (C=O) groups excluding carboxylic acids is 1. The summed E-state index contributed by atoms with van der Waals surface area (Å²) in [4.78, 5) is 19.1. The van der Waals surface area contributed by atoms with E-state index in [1.165, 1.54) is 6.42 Å². The summed E-state index contributed by atoms with van der Waals surface area (Å²) in [7, 11) is 0. The quantitative estimate of drug-likeness (QED) is 0.840. The van der Waals surface area contributed by atoms with Gasteiger partial charge in [0.15, 0.2) is 0 Å². The van der Waals surface area contributed by atoms with E-state index in [1.54, 1.807) is 0 Å². The van der Waals surface area contributed by atoms with E-state index in [1.807, 2.05) is 6.92 Å². The lowest BCUT2D eigenvalue weighted by molar-refractivity contribution is -0.122. The van der Waals surface area contributed by atoms with Crippen LogP contribution in [0.2, 0.25) is 0 Å². The molecule has 2 N–H and O–H groups in total. The first-order valence-electron chi connectivity index (χ1n) is 8.52. The lowest BCUT2D eigenvalue weighted by Gasteiger charge is -2.34. The number of nitrogens with zero attached hydrogens (tertiary/aromatic N) is 2. The van der Waals surface area contributed by atoms with E-state index in [2.05, 4.69) is 48.6 Å². The van der Waals surface area contributed by atoms with Gasteiger partial charge in [-0.1, -0.05) is 0 Å². The Kier molecular flexibility index (Phi) is 5.54. The maximum absolute atomic E-state index is 12.1. The number of hydrogen-bond donors (Lipinski definition) is 2. The smallest absolute Gasteiger partial charge is 0.237 e. The molecule has 0 spiro atoms. The Morgan fingerprint density at radius 2 is 2.30 bits per heavy atom. The molecule has 2 aliphatic rings. The van der Waals surface area contributed by atoms with Crippen molar-refractivity contribution in [2.45, 2.75) is 38.6 Å². The first-order valence-corrected chi connectivity index (χ1v) is 9.32. The monoisotopic (exact) mass is 380 g/mol. The molecule has 0 aromatic carbocycles. The maximum atomic E-state index is 12.1. The zero-order valence-corrected chi connectivity index (χ0v) is 15.2. The standard InChI is InChI=1S/C17H25BrN4O/c1-12-14(18)6-7-16(21-12)22-9-3-4-13(11-22)10-20-17(23)15-5-2-8-19-15/h6-7,13,15,19H,2-5,8-11H2,1H3,(H,20,23). The summed E-state index contributed by atoms with van der Waals surface area (Å²) in [6.07, 6.45) is 4.39. The van der Waals surface area contributed by atoms with Gasteiger partial charge < -0.3 is 15.5 Å². The van der Waals surface area contributed by atoms with E-state index in [0.29, 0.717) is 5.92 Å². The summed E-state index contributed by atoms with van der Waals surface area (Å²) < 4.78 is 1.05. The third-order valence-corrected chi connectivity index (χ3v) is 5.63. The lowest BCUT2D eigenvalue weighted by Crippen LogP contribution is -2.45. The number of aromatic nitrogens is 1. The Bertz CT molecular complexity index is 560. The highest BCUT2D eigenvalue weighted by Gasteiger charge is 2.25. The molecule has 0 radical (unpaired) electrons. The number of hydrogen-bond acceptors (Lipinski definition) is 4. The molecule has 2 saturated heterocycles. The van der Waals surface area contributed by atoms with Crippen molar-refractivity contribution in [1.29, 1.82) is 0 Å². The van der Waals surface area contributed by atoms with E-state index in [4.69, 9.17) is 0 Å². The Morgan fingerprint density at radius 3 is 3.04 bits per heavy atom. The second-order valence-electron chi connectivity index (χ2n) is 6.59. The number of pyridine rings is 1. The van der Waals surface area contributed by atoms with Crippen molar-refractivity contribution < 1.29 is 4.79 Å². The molecule has 3 rings (SSSR count). The summed E-state index contributed by atoms with van der Waals surface area (Å²) >= 11 is 3.50. The maximum Gasteiger partial charge on any atom is 0.237 e. The predicted molar refractivity (Wildman–Crippen MR) is 95.6 cm³/mol. The van der Waals surface area contributed by atoms with Crippen LogP contribution in [0.3, 0.4) is 0 Å². The third-order valence-electron chi connectivity index (χ3n) is 4.79. The van der Waals surface area contributed by atoms with E-state index in [9.17, 15) is 4.79 Å². The average molecular weight is 381 g/mol. The van der Waals surface area contributed by atoms with Crippen molar-refractivity contribution in [2.75, 3.05) is 31.1 Å². The van der Waals surface area contributed by atoms with Crippen molar-refractivity contribution in [3.8, 4) is 0 Å². The summed E-state index contributed by atoms with van der Waals surface area (Å²) in [6, 6.07) is 4.15. The van der Waals surface area contributed by atoms with Crippen LogP contribution in [0.25, 0.3) is 0 Å². The van der Waals surface area contributed by atoms with Gasteiger partial charge in [0.1, 0.15) is 5.82 Å².